The number of aromatic amines is 1. The number of benzene rings is 1. The van der Waals surface area contributed by atoms with Crippen molar-refractivity contribution < 1.29 is 14.3 Å². The third-order valence-electron chi connectivity index (χ3n) is 2.38. The molecule has 1 aromatic carbocycles. The fourth-order valence-corrected chi connectivity index (χ4v) is 1.48. The van der Waals surface area contributed by atoms with Gasteiger partial charge in [-0.3, -0.25) is 4.79 Å². The van der Waals surface area contributed by atoms with E-state index in [4.69, 9.17) is 0 Å². The first-order valence-corrected chi connectivity index (χ1v) is 5.35. The molecule has 0 radical (unpaired) electrons. The first-order valence-electron chi connectivity index (χ1n) is 5.35. The lowest BCUT2D eigenvalue weighted by molar-refractivity contribution is 0.0602. The first kappa shape index (κ1) is 12.7. The lowest BCUT2D eigenvalue weighted by Gasteiger charge is -2.09. The van der Waals surface area contributed by atoms with Gasteiger partial charge in [0.25, 0.3) is 11.7 Å². The van der Waals surface area contributed by atoms with Gasteiger partial charge >= 0.3 is 5.97 Å². The second-order valence-corrected chi connectivity index (χ2v) is 3.73. The van der Waals surface area contributed by atoms with E-state index in [2.05, 4.69) is 30.7 Å². The quantitative estimate of drug-likeness (QED) is 0.780. The number of carbonyl (C=O) groups excluding carboxylic acids is 2. The molecule has 0 saturated heterocycles. The molecule has 0 atom stereocenters. The van der Waals surface area contributed by atoms with E-state index in [0.717, 1.165) is 5.56 Å². The zero-order valence-electron chi connectivity index (χ0n) is 10.3. The number of aromatic nitrogens is 4. The number of rotatable bonds is 3. The summed E-state index contributed by atoms with van der Waals surface area (Å²) in [5, 5.41) is 15.1. The Morgan fingerprint density at radius 1 is 1.37 bits per heavy atom. The number of amides is 1. The van der Waals surface area contributed by atoms with Crippen LogP contribution in [0.4, 0.5) is 5.69 Å². The van der Waals surface area contributed by atoms with Crippen LogP contribution in [0, 0.1) is 6.92 Å². The lowest BCUT2D eigenvalue weighted by Crippen LogP contribution is -2.17. The highest BCUT2D eigenvalue weighted by Crippen LogP contribution is 2.18. The maximum Gasteiger partial charge on any atom is 0.339 e. The number of methoxy groups -OCH3 is 1. The van der Waals surface area contributed by atoms with Crippen molar-refractivity contribution in [3.63, 3.8) is 0 Å². The summed E-state index contributed by atoms with van der Waals surface area (Å²) in [6.45, 7) is 1.83. The van der Waals surface area contributed by atoms with Gasteiger partial charge in [0.1, 0.15) is 0 Å². The fraction of sp³-hybridized carbons (Fsp3) is 0.182. The fourth-order valence-electron chi connectivity index (χ4n) is 1.48. The maximum absolute atomic E-state index is 11.8. The average molecular weight is 261 g/mol. The first-order chi connectivity index (χ1) is 9.11. The van der Waals surface area contributed by atoms with Crippen molar-refractivity contribution in [1.82, 2.24) is 20.6 Å². The molecular formula is C11H11N5O3. The molecule has 2 rings (SSSR count). The van der Waals surface area contributed by atoms with E-state index in [1.165, 1.54) is 7.11 Å². The number of carbonyl (C=O) groups is 2. The molecule has 0 saturated carbocycles. The highest BCUT2D eigenvalue weighted by molar-refractivity contribution is 6.06. The normalized spacial score (nSPS) is 10.0. The molecule has 0 spiro atoms. The summed E-state index contributed by atoms with van der Waals surface area (Å²) in [7, 11) is 1.27. The van der Waals surface area contributed by atoms with E-state index in [9.17, 15) is 9.59 Å². The Labute approximate surface area is 108 Å². The largest absolute Gasteiger partial charge is 0.465 e. The molecule has 0 fully saturated rings. The summed E-state index contributed by atoms with van der Waals surface area (Å²) in [5.41, 5.74) is 1.46. The number of esters is 1. The number of nitrogens with one attached hydrogen (secondary N) is 2. The second kappa shape index (κ2) is 5.25. The molecular weight excluding hydrogens is 250 g/mol. The molecule has 8 nitrogen and oxygen atoms in total. The van der Waals surface area contributed by atoms with Gasteiger partial charge < -0.3 is 10.1 Å². The predicted octanol–water partition coefficient (Wildman–Crippen LogP) is 0.547. The zero-order chi connectivity index (χ0) is 13.8. The summed E-state index contributed by atoms with van der Waals surface area (Å²) in [5.74, 6) is -1.22. The van der Waals surface area contributed by atoms with Crippen LogP contribution in [-0.4, -0.2) is 39.6 Å². The minimum absolute atomic E-state index is 0.114. The van der Waals surface area contributed by atoms with Gasteiger partial charge in [-0.1, -0.05) is 11.6 Å². The Hall–Kier alpha value is -2.77. The van der Waals surface area contributed by atoms with E-state index in [-0.39, 0.29) is 11.4 Å². The number of ether oxygens (including phenoxy) is 1. The molecule has 19 heavy (non-hydrogen) atoms. The Morgan fingerprint density at radius 2 is 2.16 bits per heavy atom. The number of anilines is 1. The highest BCUT2D eigenvalue weighted by atomic mass is 16.5. The van der Waals surface area contributed by atoms with Gasteiger partial charge in [-0.25, -0.2) is 4.79 Å². The summed E-state index contributed by atoms with van der Waals surface area (Å²) >= 11 is 0. The molecule has 2 aromatic rings. The highest BCUT2D eigenvalue weighted by Gasteiger charge is 2.17. The lowest BCUT2D eigenvalue weighted by atomic mass is 10.1. The van der Waals surface area contributed by atoms with Crippen molar-refractivity contribution in [3.8, 4) is 0 Å². The predicted molar refractivity (Wildman–Crippen MR) is 64.6 cm³/mol. The number of hydrogen-bond donors (Lipinski definition) is 2. The summed E-state index contributed by atoms with van der Waals surface area (Å²) < 4.78 is 4.66. The minimum Gasteiger partial charge on any atom is -0.465 e. The topological polar surface area (TPSA) is 110 Å². The smallest absolute Gasteiger partial charge is 0.339 e. The Balaban J connectivity index is 2.29. The van der Waals surface area contributed by atoms with Crippen molar-refractivity contribution in [1.29, 1.82) is 0 Å². The van der Waals surface area contributed by atoms with Crippen LogP contribution in [0.1, 0.15) is 26.5 Å². The number of hydrogen-bond acceptors (Lipinski definition) is 6. The van der Waals surface area contributed by atoms with Gasteiger partial charge in [-0.15, -0.1) is 10.2 Å². The molecule has 98 valence electrons. The molecule has 0 aliphatic heterocycles. The number of nitrogens with zero attached hydrogens (tertiary/aromatic N) is 3. The van der Waals surface area contributed by atoms with Crippen LogP contribution in [-0.2, 0) is 4.74 Å². The summed E-state index contributed by atoms with van der Waals surface area (Å²) in [4.78, 5) is 23.4. The molecule has 1 heterocycles. The van der Waals surface area contributed by atoms with E-state index >= 15 is 0 Å². The number of H-pyrrole nitrogens is 1. The molecule has 0 bridgehead atoms. The zero-order valence-corrected chi connectivity index (χ0v) is 10.3. The van der Waals surface area contributed by atoms with E-state index in [0.29, 0.717) is 5.69 Å². The molecule has 0 aliphatic carbocycles. The molecule has 8 heteroatoms. The SMILES string of the molecule is COC(=O)c1cc(C)ccc1NC(=O)c1nn[nH]n1. The third kappa shape index (κ3) is 2.73. The molecule has 0 aliphatic rings. The summed E-state index contributed by atoms with van der Waals surface area (Å²) in [6, 6.07) is 5.00. The van der Waals surface area contributed by atoms with Gasteiger partial charge in [0.15, 0.2) is 0 Å². The molecule has 0 unspecified atom stereocenters. The van der Waals surface area contributed by atoms with E-state index in [1.54, 1.807) is 18.2 Å². The second-order valence-electron chi connectivity index (χ2n) is 3.73. The maximum atomic E-state index is 11.8. The third-order valence-corrected chi connectivity index (χ3v) is 2.38. The van der Waals surface area contributed by atoms with Gasteiger partial charge in [0.05, 0.1) is 18.4 Å². The molecule has 1 aromatic heterocycles. The van der Waals surface area contributed by atoms with Crippen LogP contribution in [0.25, 0.3) is 0 Å². The van der Waals surface area contributed by atoms with Gasteiger partial charge in [-0.05, 0) is 24.3 Å². The van der Waals surface area contributed by atoms with Crippen molar-refractivity contribution in [2.75, 3.05) is 12.4 Å². The van der Waals surface area contributed by atoms with Crippen LogP contribution in [0.2, 0.25) is 0 Å². The number of aryl methyl sites for hydroxylation is 1. The summed E-state index contributed by atoms with van der Waals surface area (Å²) in [6.07, 6.45) is 0. The van der Waals surface area contributed by atoms with E-state index < -0.39 is 11.9 Å². The molecule has 1 amide bonds. The number of tetrazole rings is 1. The van der Waals surface area contributed by atoms with Crippen molar-refractivity contribution in [3.05, 3.63) is 35.2 Å². The van der Waals surface area contributed by atoms with Crippen LogP contribution >= 0.6 is 0 Å². The average Bonchev–Trinajstić information content (AvgIpc) is 2.94. The van der Waals surface area contributed by atoms with Crippen molar-refractivity contribution in [2.45, 2.75) is 6.92 Å². The van der Waals surface area contributed by atoms with Gasteiger partial charge in [-0.2, -0.15) is 5.21 Å². The Morgan fingerprint density at radius 3 is 2.79 bits per heavy atom. The van der Waals surface area contributed by atoms with Crippen LogP contribution in [0.5, 0.6) is 0 Å². The molecule has 2 N–H and O–H groups in total. The van der Waals surface area contributed by atoms with Crippen molar-refractivity contribution in [2.24, 2.45) is 0 Å². The van der Waals surface area contributed by atoms with Gasteiger partial charge in [0.2, 0.25) is 0 Å². The minimum atomic E-state index is -0.567. The van der Waals surface area contributed by atoms with Gasteiger partial charge in [0, 0.05) is 0 Å². The van der Waals surface area contributed by atoms with E-state index in [1.807, 2.05) is 6.92 Å². The Bertz CT molecular complexity index is 609. The monoisotopic (exact) mass is 261 g/mol. The van der Waals surface area contributed by atoms with Crippen molar-refractivity contribution >= 4 is 17.6 Å². The Kier molecular flexibility index (Phi) is 3.51. The van der Waals surface area contributed by atoms with Crippen LogP contribution < -0.4 is 5.32 Å². The van der Waals surface area contributed by atoms with Crippen LogP contribution in [0.3, 0.4) is 0 Å². The standard InChI is InChI=1S/C11H11N5O3/c1-6-3-4-8(7(5-6)11(18)19-2)12-10(17)9-13-15-16-14-9/h3-5H,1-2H3,(H,12,17)(H,13,14,15,16). The van der Waals surface area contributed by atoms with Crippen LogP contribution in [0.15, 0.2) is 18.2 Å².